The van der Waals surface area contributed by atoms with Crippen molar-refractivity contribution in [3.05, 3.63) is 53.3 Å². The van der Waals surface area contributed by atoms with Gasteiger partial charge in [0.15, 0.2) is 0 Å². The predicted molar refractivity (Wildman–Crippen MR) is 75.7 cm³/mol. The topological polar surface area (TPSA) is 62.8 Å². The standard InChI is InChI=1S/C13H9BrN2O2S/c14-10-8-16-13-12(10)11(6-7-15-13)19(17,18)9-4-2-1-3-5-9/h1-8H,(H,15,16). The molecule has 0 aliphatic carbocycles. The Morgan fingerprint density at radius 3 is 2.58 bits per heavy atom. The fourth-order valence-corrected chi connectivity index (χ4v) is 4.07. The van der Waals surface area contributed by atoms with Gasteiger partial charge in [0.05, 0.1) is 15.2 Å². The lowest BCUT2D eigenvalue weighted by Gasteiger charge is -2.06. The highest BCUT2D eigenvalue weighted by molar-refractivity contribution is 9.10. The Kier molecular flexibility index (Phi) is 2.91. The van der Waals surface area contributed by atoms with E-state index >= 15 is 0 Å². The highest BCUT2D eigenvalue weighted by Crippen LogP contribution is 2.31. The van der Waals surface area contributed by atoms with E-state index in [4.69, 9.17) is 0 Å². The van der Waals surface area contributed by atoms with E-state index in [0.29, 0.717) is 15.5 Å². The van der Waals surface area contributed by atoms with Crippen LogP contribution < -0.4 is 0 Å². The van der Waals surface area contributed by atoms with Crippen LogP contribution in [-0.4, -0.2) is 18.4 Å². The van der Waals surface area contributed by atoms with Crippen molar-refractivity contribution in [1.82, 2.24) is 9.97 Å². The summed E-state index contributed by atoms with van der Waals surface area (Å²) in [7, 11) is -3.55. The molecule has 3 aromatic rings. The summed E-state index contributed by atoms with van der Waals surface area (Å²) in [4.78, 5) is 7.57. The number of pyridine rings is 1. The first-order valence-electron chi connectivity index (χ1n) is 5.52. The van der Waals surface area contributed by atoms with Crippen LogP contribution in [0.15, 0.2) is 63.1 Å². The van der Waals surface area contributed by atoms with Gasteiger partial charge in [0.2, 0.25) is 9.84 Å². The van der Waals surface area contributed by atoms with Gasteiger partial charge in [-0.3, -0.25) is 0 Å². The number of H-pyrrole nitrogens is 1. The number of aromatic amines is 1. The molecule has 0 aliphatic rings. The Balaban J connectivity index is 2.34. The molecule has 0 spiro atoms. The number of halogens is 1. The van der Waals surface area contributed by atoms with E-state index in [9.17, 15) is 8.42 Å². The summed E-state index contributed by atoms with van der Waals surface area (Å²) in [5.41, 5.74) is 0.545. The molecule has 19 heavy (non-hydrogen) atoms. The molecular weight excluding hydrogens is 328 g/mol. The Labute approximate surface area is 118 Å². The molecular formula is C13H9BrN2O2S. The largest absolute Gasteiger partial charge is 0.345 e. The van der Waals surface area contributed by atoms with Crippen LogP contribution in [0.1, 0.15) is 0 Å². The van der Waals surface area contributed by atoms with Gasteiger partial charge < -0.3 is 4.98 Å². The van der Waals surface area contributed by atoms with Gasteiger partial charge in [-0.1, -0.05) is 18.2 Å². The van der Waals surface area contributed by atoms with Crippen molar-refractivity contribution in [3.8, 4) is 0 Å². The van der Waals surface area contributed by atoms with Crippen molar-refractivity contribution in [3.63, 3.8) is 0 Å². The summed E-state index contributed by atoms with van der Waals surface area (Å²) in [5.74, 6) is 0. The first-order chi connectivity index (χ1) is 9.10. The highest BCUT2D eigenvalue weighted by Gasteiger charge is 2.22. The zero-order chi connectivity index (χ0) is 13.5. The number of hydrogen-bond donors (Lipinski definition) is 1. The van der Waals surface area contributed by atoms with Crippen molar-refractivity contribution in [2.45, 2.75) is 9.79 Å². The molecule has 3 rings (SSSR count). The maximum atomic E-state index is 12.6. The second-order valence-corrected chi connectivity index (χ2v) is 6.76. The second kappa shape index (κ2) is 4.47. The van der Waals surface area contributed by atoms with Crippen molar-refractivity contribution in [2.75, 3.05) is 0 Å². The first kappa shape index (κ1) is 12.4. The second-order valence-electron chi connectivity index (χ2n) is 3.99. The Morgan fingerprint density at radius 2 is 1.84 bits per heavy atom. The Hall–Kier alpha value is -1.66. The third-order valence-electron chi connectivity index (χ3n) is 2.83. The predicted octanol–water partition coefficient (Wildman–Crippen LogP) is 3.16. The van der Waals surface area contributed by atoms with Crippen LogP contribution in [0.5, 0.6) is 0 Å². The number of nitrogens with one attached hydrogen (secondary N) is 1. The zero-order valence-corrected chi connectivity index (χ0v) is 12.1. The van der Waals surface area contributed by atoms with Crippen LogP contribution in [0.4, 0.5) is 0 Å². The number of sulfone groups is 1. The summed E-state index contributed by atoms with van der Waals surface area (Å²) in [6.45, 7) is 0. The van der Waals surface area contributed by atoms with Gasteiger partial charge in [-0.05, 0) is 34.1 Å². The minimum atomic E-state index is -3.55. The molecule has 0 saturated carbocycles. The van der Waals surface area contributed by atoms with Crippen molar-refractivity contribution < 1.29 is 8.42 Å². The van der Waals surface area contributed by atoms with E-state index in [1.807, 2.05) is 0 Å². The SMILES string of the molecule is O=S(=O)(c1ccccc1)c1ccnc2[nH]cc(Br)c12. The maximum absolute atomic E-state index is 12.6. The zero-order valence-electron chi connectivity index (χ0n) is 9.67. The van der Waals surface area contributed by atoms with E-state index in [2.05, 4.69) is 25.9 Å². The monoisotopic (exact) mass is 336 g/mol. The number of benzene rings is 1. The molecule has 1 N–H and O–H groups in total. The molecule has 2 heterocycles. The minimum Gasteiger partial charge on any atom is -0.345 e. The van der Waals surface area contributed by atoms with Gasteiger partial charge >= 0.3 is 0 Å². The third-order valence-corrected chi connectivity index (χ3v) is 5.27. The van der Waals surface area contributed by atoms with Crippen LogP contribution in [0.3, 0.4) is 0 Å². The van der Waals surface area contributed by atoms with Gasteiger partial charge in [0.25, 0.3) is 0 Å². The molecule has 1 aromatic carbocycles. The van der Waals surface area contributed by atoms with E-state index < -0.39 is 9.84 Å². The van der Waals surface area contributed by atoms with Crippen LogP contribution >= 0.6 is 15.9 Å². The molecule has 0 aliphatic heterocycles. The van der Waals surface area contributed by atoms with E-state index in [0.717, 1.165) is 0 Å². The van der Waals surface area contributed by atoms with Crippen molar-refractivity contribution in [1.29, 1.82) is 0 Å². The number of rotatable bonds is 2. The van der Waals surface area contributed by atoms with E-state index in [1.54, 1.807) is 36.5 Å². The van der Waals surface area contributed by atoms with Gasteiger partial charge in [-0.15, -0.1) is 0 Å². The molecule has 0 fully saturated rings. The lowest BCUT2D eigenvalue weighted by atomic mass is 10.3. The van der Waals surface area contributed by atoms with E-state index in [-0.39, 0.29) is 9.79 Å². The summed E-state index contributed by atoms with van der Waals surface area (Å²) in [6, 6.07) is 9.88. The molecule has 0 unspecified atom stereocenters. The lowest BCUT2D eigenvalue weighted by molar-refractivity contribution is 0.597. The van der Waals surface area contributed by atoms with Crippen LogP contribution in [0.2, 0.25) is 0 Å². The van der Waals surface area contributed by atoms with Crippen LogP contribution in [-0.2, 0) is 9.84 Å². The number of nitrogens with zero attached hydrogens (tertiary/aromatic N) is 1. The first-order valence-corrected chi connectivity index (χ1v) is 7.80. The Bertz CT molecular complexity index is 841. The molecule has 4 nitrogen and oxygen atoms in total. The van der Waals surface area contributed by atoms with Crippen LogP contribution in [0, 0.1) is 0 Å². The molecule has 0 atom stereocenters. The van der Waals surface area contributed by atoms with Gasteiger partial charge in [0, 0.05) is 16.9 Å². The molecule has 0 bridgehead atoms. The van der Waals surface area contributed by atoms with Crippen molar-refractivity contribution >= 4 is 36.8 Å². The van der Waals surface area contributed by atoms with Gasteiger partial charge in [-0.2, -0.15) is 0 Å². The third kappa shape index (κ3) is 1.97. The highest BCUT2D eigenvalue weighted by atomic mass is 79.9. The summed E-state index contributed by atoms with van der Waals surface area (Å²) in [5, 5.41) is 0.575. The fraction of sp³-hybridized carbons (Fsp3) is 0. The summed E-state index contributed by atoms with van der Waals surface area (Å²) >= 11 is 3.35. The fourth-order valence-electron chi connectivity index (χ4n) is 1.94. The van der Waals surface area contributed by atoms with Crippen LogP contribution in [0.25, 0.3) is 11.0 Å². The van der Waals surface area contributed by atoms with Gasteiger partial charge in [-0.25, -0.2) is 13.4 Å². The summed E-state index contributed by atoms with van der Waals surface area (Å²) in [6.07, 6.45) is 3.17. The average Bonchev–Trinajstić information content (AvgIpc) is 2.82. The number of fused-ring (bicyclic) bond motifs is 1. The number of hydrogen-bond acceptors (Lipinski definition) is 3. The quantitative estimate of drug-likeness (QED) is 0.781. The molecule has 0 radical (unpaired) electrons. The smallest absolute Gasteiger partial charge is 0.207 e. The average molecular weight is 337 g/mol. The normalized spacial score (nSPS) is 11.8. The molecule has 96 valence electrons. The van der Waals surface area contributed by atoms with Gasteiger partial charge in [0.1, 0.15) is 5.65 Å². The molecule has 2 aromatic heterocycles. The van der Waals surface area contributed by atoms with Crippen molar-refractivity contribution in [2.24, 2.45) is 0 Å². The molecule has 0 amide bonds. The minimum absolute atomic E-state index is 0.247. The number of aromatic nitrogens is 2. The Morgan fingerprint density at radius 1 is 1.11 bits per heavy atom. The molecule has 0 saturated heterocycles. The molecule has 6 heteroatoms. The maximum Gasteiger partial charge on any atom is 0.207 e. The van der Waals surface area contributed by atoms with E-state index in [1.165, 1.54) is 12.3 Å². The lowest BCUT2D eigenvalue weighted by Crippen LogP contribution is -2.02. The summed E-state index contributed by atoms with van der Waals surface area (Å²) < 4.78 is 26.0.